The molecular formula is C11H13ClFNO. The lowest BCUT2D eigenvalue weighted by molar-refractivity contribution is -0.120. The lowest BCUT2D eigenvalue weighted by Gasteiger charge is -2.08. The fraction of sp³-hybridized carbons (Fsp3) is 0.364. The fourth-order valence-corrected chi connectivity index (χ4v) is 1.20. The van der Waals surface area contributed by atoms with Gasteiger partial charge in [-0.15, -0.1) is 11.6 Å². The lowest BCUT2D eigenvalue weighted by Crippen LogP contribution is -2.30. The van der Waals surface area contributed by atoms with E-state index in [1.165, 1.54) is 6.07 Å². The summed E-state index contributed by atoms with van der Waals surface area (Å²) < 4.78 is 13.1. The number of alkyl halides is 1. The highest BCUT2D eigenvalue weighted by Gasteiger charge is 2.12. The van der Waals surface area contributed by atoms with Crippen LogP contribution in [0.25, 0.3) is 0 Å². The van der Waals surface area contributed by atoms with Gasteiger partial charge < -0.3 is 5.32 Å². The average molecular weight is 230 g/mol. The van der Waals surface area contributed by atoms with Crippen LogP contribution in [0.1, 0.15) is 18.9 Å². The van der Waals surface area contributed by atoms with Crippen molar-refractivity contribution in [1.29, 1.82) is 0 Å². The van der Waals surface area contributed by atoms with Crippen LogP contribution in [0.3, 0.4) is 0 Å². The minimum Gasteiger partial charge on any atom is -0.351 e. The normalized spacial score (nSPS) is 12.2. The fourth-order valence-electron chi connectivity index (χ4n) is 1.12. The van der Waals surface area contributed by atoms with Gasteiger partial charge in [0, 0.05) is 12.1 Å². The number of halogens is 2. The standard InChI is InChI=1S/C11H13ClFNO/c1-2-9(12)11(15)14-7-8-5-3-4-6-10(8)13/h3-6,9H,2,7H2,1H3,(H,14,15). The molecule has 0 saturated heterocycles. The monoisotopic (exact) mass is 229 g/mol. The van der Waals surface area contributed by atoms with Gasteiger partial charge in [-0.2, -0.15) is 0 Å². The predicted octanol–water partition coefficient (Wildman–Crippen LogP) is 2.46. The molecule has 1 aromatic carbocycles. The van der Waals surface area contributed by atoms with E-state index in [-0.39, 0.29) is 18.3 Å². The van der Waals surface area contributed by atoms with Gasteiger partial charge in [-0.1, -0.05) is 25.1 Å². The molecule has 1 rings (SSSR count). The molecule has 1 aromatic rings. The first-order chi connectivity index (χ1) is 7.15. The first-order valence-corrected chi connectivity index (χ1v) is 5.24. The molecule has 0 spiro atoms. The zero-order valence-electron chi connectivity index (χ0n) is 8.47. The largest absolute Gasteiger partial charge is 0.351 e. The highest BCUT2D eigenvalue weighted by atomic mass is 35.5. The minimum atomic E-state index is -0.545. The third kappa shape index (κ3) is 3.51. The summed E-state index contributed by atoms with van der Waals surface area (Å²) in [4.78, 5) is 11.3. The third-order valence-corrected chi connectivity index (χ3v) is 2.56. The molecule has 1 atom stereocenters. The molecule has 0 heterocycles. The molecule has 0 radical (unpaired) electrons. The third-order valence-electron chi connectivity index (χ3n) is 2.05. The summed E-state index contributed by atoms with van der Waals surface area (Å²) in [6, 6.07) is 6.32. The van der Waals surface area contributed by atoms with Gasteiger partial charge in [0.1, 0.15) is 11.2 Å². The van der Waals surface area contributed by atoms with Crippen molar-refractivity contribution in [2.24, 2.45) is 0 Å². The summed E-state index contributed by atoms with van der Waals surface area (Å²) in [7, 11) is 0. The van der Waals surface area contributed by atoms with E-state index < -0.39 is 5.38 Å². The molecule has 0 bridgehead atoms. The highest BCUT2D eigenvalue weighted by Crippen LogP contribution is 2.06. The second kappa shape index (κ2) is 5.71. The summed E-state index contributed by atoms with van der Waals surface area (Å²) in [5.74, 6) is -0.581. The number of hydrogen-bond acceptors (Lipinski definition) is 1. The van der Waals surface area contributed by atoms with Crippen molar-refractivity contribution in [3.8, 4) is 0 Å². The SMILES string of the molecule is CCC(Cl)C(=O)NCc1ccccc1F. The van der Waals surface area contributed by atoms with E-state index in [2.05, 4.69) is 5.32 Å². The van der Waals surface area contributed by atoms with E-state index in [1.54, 1.807) is 18.2 Å². The quantitative estimate of drug-likeness (QED) is 0.790. The van der Waals surface area contributed by atoms with Gasteiger partial charge in [-0.05, 0) is 12.5 Å². The second-order valence-corrected chi connectivity index (χ2v) is 3.71. The van der Waals surface area contributed by atoms with Gasteiger partial charge in [-0.3, -0.25) is 4.79 Å². The Balaban J connectivity index is 2.51. The van der Waals surface area contributed by atoms with E-state index >= 15 is 0 Å². The van der Waals surface area contributed by atoms with Crippen molar-refractivity contribution in [3.05, 3.63) is 35.6 Å². The van der Waals surface area contributed by atoms with Gasteiger partial charge >= 0.3 is 0 Å². The van der Waals surface area contributed by atoms with Crippen molar-refractivity contribution in [1.82, 2.24) is 5.32 Å². The maximum absolute atomic E-state index is 13.1. The summed E-state index contributed by atoms with van der Waals surface area (Å²) >= 11 is 5.72. The van der Waals surface area contributed by atoms with Gasteiger partial charge in [0.25, 0.3) is 0 Å². The first-order valence-electron chi connectivity index (χ1n) is 4.80. The van der Waals surface area contributed by atoms with E-state index in [4.69, 9.17) is 11.6 Å². The van der Waals surface area contributed by atoms with Crippen LogP contribution in [0.5, 0.6) is 0 Å². The van der Waals surface area contributed by atoms with Gasteiger partial charge in [0.2, 0.25) is 5.91 Å². The van der Waals surface area contributed by atoms with Gasteiger partial charge in [0.15, 0.2) is 0 Å². The van der Waals surface area contributed by atoms with Crippen LogP contribution in [-0.2, 0) is 11.3 Å². The minimum absolute atomic E-state index is 0.175. The molecule has 82 valence electrons. The second-order valence-electron chi connectivity index (χ2n) is 3.18. The van der Waals surface area contributed by atoms with Crippen LogP contribution in [-0.4, -0.2) is 11.3 Å². The molecule has 2 nitrogen and oxygen atoms in total. The molecular weight excluding hydrogens is 217 g/mol. The van der Waals surface area contributed by atoms with Crippen molar-refractivity contribution in [2.75, 3.05) is 0 Å². The Morgan fingerprint density at radius 3 is 2.80 bits per heavy atom. The summed E-state index contributed by atoms with van der Waals surface area (Å²) in [6.07, 6.45) is 0.560. The number of nitrogens with one attached hydrogen (secondary N) is 1. The topological polar surface area (TPSA) is 29.1 Å². The molecule has 0 fully saturated rings. The van der Waals surface area contributed by atoms with Crippen molar-refractivity contribution in [2.45, 2.75) is 25.3 Å². The Kier molecular flexibility index (Phi) is 4.56. The molecule has 0 aromatic heterocycles. The van der Waals surface area contributed by atoms with Crippen LogP contribution in [0.4, 0.5) is 4.39 Å². The van der Waals surface area contributed by atoms with Crippen LogP contribution in [0.2, 0.25) is 0 Å². The van der Waals surface area contributed by atoms with Gasteiger partial charge in [-0.25, -0.2) is 4.39 Å². The zero-order valence-corrected chi connectivity index (χ0v) is 9.22. The molecule has 1 amide bonds. The van der Waals surface area contributed by atoms with E-state index in [0.29, 0.717) is 12.0 Å². The number of hydrogen-bond donors (Lipinski definition) is 1. The van der Waals surface area contributed by atoms with Crippen molar-refractivity contribution < 1.29 is 9.18 Å². The molecule has 0 aliphatic rings. The first kappa shape index (κ1) is 12.0. The van der Waals surface area contributed by atoms with E-state index in [9.17, 15) is 9.18 Å². The van der Waals surface area contributed by atoms with Crippen LogP contribution < -0.4 is 5.32 Å². The predicted molar refractivity (Wildman–Crippen MR) is 58.2 cm³/mol. The molecule has 1 N–H and O–H groups in total. The summed E-state index contributed by atoms with van der Waals surface area (Å²) in [5, 5.41) is 2.03. The van der Waals surface area contributed by atoms with Crippen LogP contribution >= 0.6 is 11.6 Å². The Morgan fingerprint density at radius 1 is 1.53 bits per heavy atom. The Morgan fingerprint density at radius 2 is 2.20 bits per heavy atom. The maximum Gasteiger partial charge on any atom is 0.238 e. The Labute approximate surface area is 93.4 Å². The maximum atomic E-state index is 13.1. The summed E-state index contributed by atoms with van der Waals surface area (Å²) in [6.45, 7) is 2.00. The molecule has 4 heteroatoms. The number of carbonyl (C=O) groups is 1. The number of amides is 1. The van der Waals surface area contributed by atoms with E-state index in [0.717, 1.165) is 0 Å². The molecule has 0 aliphatic carbocycles. The van der Waals surface area contributed by atoms with Crippen LogP contribution in [0.15, 0.2) is 24.3 Å². The van der Waals surface area contributed by atoms with E-state index in [1.807, 2.05) is 6.92 Å². The zero-order chi connectivity index (χ0) is 11.3. The van der Waals surface area contributed by atoms with Crippen molar-refractivity contribution in [3.63, 3.8) is 0 Å². The Bertz CT molecular complexity index is 343. The molecule has 0 saturated carbocycles. The van der Waals surface area contributed by atoms with Crippen LogP contribution in [0, 0.1) is 5.82 Å². The number of rotatable bonds is 4. The summed E-state index contributed by atoms with van der Waals surface area (Å²) in [5.41, 5.74) is 0.464. The lowest BCUT2D eigenvalue weighted by atomic mass is 10.2. The Hall–Kier alpha value is -1.09. The highest BCUT2D eigenvalue weighted by molar-refractivity contribution is 6.30. The smallest absolute Gasteiger partial charge is 0.238 e. The number of benzene rings is 1. The number of carbonyl (C=O) groups excluding carboxylic acids is 1. The van der Waals surface area contributed by atoms with Gasteiger partial charge in [0.05, 0.1) is 0 Å². The molecule has 15 heavy (non-hydrogen) atoms. The van der Waals surface area contributed by atoms with Crippen molar-refractivity contribution >= 4 is 17.5 Å². The average Bonchev–Trinajstić information content (AvgIpc) is 2.26. The molecule has 1 unspecified atom stereocenters. The molecule has 0 aliphatic heterocycles.